The van der Waals surface area contributed by atoms with Gasteiger partial charge in [0.15, 0.2) is 0 Å². The Labute approximate surface area is 286 Å². The van der Waals surface area contributed by atoms with Crippen molar-refractivity contribution in [2.45, 2.75) is 9.79 Å². The van der Waals surface area contributed by atoms with E-state index < -0.39 is 30.0 Å². The van der Waals surface area contributed by atoms with E-state index in [4.69, 9.17) is 20.9 Å². The molecule has 4 N–H and O–H groups in total. The topological polar surface area (TPSA) is 234 Å². The molecule has 0 atom stereocenters. The number of benzene rings is 6. The number of nitrogens with zero attached hydrogens (tertiary/aromatic N) is 4. The first-order valence-electron chi connectivity index (χ1n) is 14.5. The average Bonchev–Trinajstić information content (AvgIpc) is 3.10. The molecule has 0 aliphatic rings. The number of ether oxygens (including phenoxy) is 2. The van der Waals surface area contributed by atoms with Crippen LogP contribution in [0.15, 0.2) is 127 Å². The zero-order valence-electron chi connectivity index (χ0n) is 26.3. The van der Waals surface area contributed by atoms with Gasteiger partial charge in [-0.25, -0.2) is 16.8 Å². The summed E-state index contributed by atoms with van der Waals surface area (Å²) in [4.78, 5) is -0.923. The number of hydrogen-bond donors (Lipinski definition) is 2. The Kier molecular flexibility index (Phi) is 8.94. The van der Waals surface area contributed by atoms with E-state index in [-0.39, 0.29) is 33.5 Å². The van der Waals surface area contributed by atoms with Crippen molar-refractivity contribution in [3.8, 4) is 22.6 Å². The lowest BCUT2D eigenvalue weighted by Crippen LogP contribution is -2.01. The fourth-order valence-corrected chi connectivity index (χ4v) is 6.78. The molecular formula is C34H26N6O8S2-2. The van der Waals surface area contributed by atoms with Gasteiger partial charge in [0, 0.05) is 21.5 Å². The molecular weight excluding hydrogens is 685 g/mol. The zero-order chi connectivity index (χ0) is 35.8. The van der Waals surface area contributed by atoms with Gasteiger partial charge < -0.3 is 30.0 Å². The maximum atomic E-state index is 12.0. The lowest BCUT2D eigenvalue weighted by atomic mass is 10.0. The molecule has 50 heavy (non-hydrogen) atoms. The molecule has 6 aromatic carbocycles. The van der Waals surface area contributed by atoms with Crippen LogP contribution in [-0.2, 0) is 20.2 Å². The standard InChI is InChI=1S/C34H28N6O8S2/c1-47-29-15-19(11-13-25(29)37-39-27-17-31(49(41,42)43)21-7-3-5-9-23(21)33(27)35)20-12-14-26(30(16-20)48-2)38-40-28-18-32(50(44,45)46)22-8-4-6-10-24(22)34(28)36/h3-18H,35-36H2,1-2H3,(H,41,42,43)(H,44,45,46)/p-2. The molecule has 16 heteroatoms. The number of anilines is 2. The fraction of sp³-hybridized carbons (Fsp3) is 0.0588. The van der Waals surface area contributed by atoms with Crippen LogP contribution in [0.1, 0.15) is 0 Å². The third-order valence-corrected chi connectivity index (χ3v) is 9.57. The maximum absolute atomic E-state index is 12.0. The minimum atomic E-state index is -4.84. The lowest BCUT2D eigenvalue weighted by Gasteiger charge is -2.14. The van der Waals surface area contributed by atoms with Crippen molar-refractivity contribution < 1.29 is 35.4 Å². The van der Waals surface area contributed by atoms with Crippen LogP contribution in [0.25, 0.3) is 32.7 Å². The number of nitrogens with two attached hydrogens (primary N) is 2. The van der Waals surface area contributed by atoms with Crippen molar-refractivity contribution in [3.63, 3.8) is 0 Å². The summed E-state index contributed by atoms with van der Waals surface area (Å²) in [5.41, 5.74) is 14.8. The Morgan fingerprint density at radius 2 is 0.840 bits per heavy atom. The molecule has 0 bridgehead atoms. The Hall–Kier alpha value is -5.94. The average molecular weight is 711 g/mol. The van der Waals surface area contributed by atoms with Crippen LogP contribution in [0.2, 0.25) is 0 Å². The van der Waals surface area contributed by atoms with Gasteiger partial charge in [0.2, 0.25) is 0 Å². The second-order valence-electron chi connectivity index (χ2n) is 10.8. The Morgan fingerprint density at radius 1 is 0.500 bits per heavy atom. The molecule has 0 saturated carbocycles. The van der Waals surface area contributed by atoms with Crippen LogP contribution < -0.4 is 20.9 Å². The molecule has 0 aliphatic heterocycles. The van der Waals surface area contributed by atoms with Crippen LogP contribution in [0, 0.1) is 0 Å². The van der Waals surface area contributed by atoms with Crippen molar-refractivity contribution in [3.05, 3.63) is 97.1 Å². The number of azo groups is 2. The minimum Gasteiger partial charge on any atom is -0.744 e. The molecule has 0 amide bonds. The highest BCUT2D eigenvalue weighted by Crippen LogP contribution is 2.41. The third-order valence-electron chi connectivity index (χ3n) is 7.82. The number of methoxy groups -OCH3 is 2. The number of nitrogen functional groups attached to an aromatic ring is 2. The fourth-order valence-electron chi connectivity index (χ4n) is 5.38. The monoisotopic (exact) mass is 710 g/mol. The predicted molar refractivity (Wildman–Crippen MR) is 186 cm³/mol. The highest BCUT2D eigenvalue weighted by atomic mass is 32.2. The van der Waals surface area contributed by atoms with E-state index in [2.05, 4.69) is 20.5 Å². The first kappa shape index (κ1) is 33.9. The zero-order valence-corrected chi connectivity index (χ0v) is 27.9. The molecule has 0 heterocycles. The first-order chi connectivity index (χ1) is 23.8. The quantitative estimate of drug-likeness (QED) is 0.0852. The van der Waals surface area contributed by atoms with E-state index in [9.17, 15) is 25.9 Å². The molecule has 0 saturated heterocycles. The highest BCUT2D eigenvalue weighted by molar-refractivity contribution is 7.86. The van der Waals surface area contributed by atoms with Gasteiger partial charge >= 0.3 is 0 Å². The van der Waals surface area contributed by atoms with E-state index in [0.29, 0.717) is 44.8 Å². The summed E-state index contributed by atoms with van der Waals surface area (Å²) >= 11 is 0. The second kappa shape index (κ2) is 13.2. The van der Waals surface area contributed by atoms with Crippen molar-refractivity contribution in [1.29, 1.82) is 0 Å². The van der Waals surface area contributed by atoms with Gasteiger partial charge in [-0.1, -0.05) is 60.7 Å². The van der Waals surface area contributed by atoms with Gasteiger partial charge in [0.05, 0.1) is 35.4 Å². The van der Waals surface area contributed by atoms with Crippen molar-refractivity contribution in [2.24, 2.45) is 20.5 Å². The van der Waals surface area contributed by atoms with E-state index in [1.807, 2.05) is 0 Å². The maximum Gasteiger partial charge on any atom is 0.146 e. The molecule has 14 nitrogen and oxygen atoms in total. The van der Waals surface area contributed by atoms with Gasteiger partial charge in [-0.3, -0.25) is 0 Å². The molecule has 0 fully saturated rings. The summed E-state index contributed by atoms with van der Waals surface area (Å²) in [6.45, 7) is 0. The molecule has 0 unspecified atom stereocenters. The van der Waals surface area contributed by atoms with Gasteiger partial charge in [-0.05, 0) is 47.5 Å². The Bertz CT molecular complexity index is 2430. The second-order valence-corrected chi connectivity index (χ2v) is 13.5. The van der Waals surface area contributed by atoms with Gasteiger partial charge in [-0.2, -0.15) is 0 Å². The van der Waals surface area contributed by atoms with Gasteiger partial charge in [0.25, 0.3) is 0 Å². The molecule has 6 aromatic rings. The van der Waals surface area contributed by atoms with Crippen LogP contribution in [0.3, 0.4) is 0 Å². The Balaban J connectivity index is 1.32. The van der Waals surface area contributed by atoms with Crippen LogP contribution in [0.4, 0.5) is 34.1 Å². The normalized spacial score (nSPS) is 12.3. The summed E-state index contributed by atoms with van der Waals surface area (Å²) in [7, 11) is -6.79. The molecule has 254 valence electrons. The van der Waals surface area contributed by atoms with Gasteiger partial charge in [-0.15, -0.1) is 20.5 Å². The summed E-state index contributed by atoms with van der Waals surface area (Å²) < 4.78 is 83.0. The summed E-state index contributed by atoms with van der Waals surface area (Å²) in [5.74, 6) is 0.641. The van der Waals surface area contributed by atoms with E-state index in [1.54, 1.807) is 72.8 Å². The molecule has 0 spiro atoms. The van der Waals surface area contributed by atoms with Crippen LogP contribution in [-0.4, -0.2) is 40.2 Å². The smallest absolute Gasteiger partial charge is 0.146 e. The largest absolute Gasteiger partial charge is 0.744 e. The minimum absolute atomic E-state index is 0.00457. The number of fused-ring (bicyclic) bond motifs is 2. The first-order valence-corrected chi connectivity index (χ1v) is 17.4. The summed E-state index contributed by atoms with van der Waals surface area (Å²) in [6.07, 6.45) is 0. The number of hydrogen-bond acceptors (Lipinski definition) is 14. The van der Waals surface area contributed by atoms with E-state index in [1.165, 1.54) is 26.4 Å². The summed E-state index contributed by atoms with van der Waals surface area (Å²) in [6, 6.07) is 25.0. The van der Waals surface area contributed by atoms with Crippen molar-refractivity contribution in [2.75, 3.05) is 25.7 Å². The van der Waals surface area contributed by atoms with Gasteiger partial charge in [0.1, 0.15) is 54.5 Å². The lowest BCUT2D eigenvalue weighted by molar-refractivity contribution is 0.415. The van der Waals surface area contributed by atoms with E-state index in [0.717, 1.165) is 12.1 Å². The predicted octanol–water partition coefficient (Wildman–Crippen LogP) is 7.48. The molecule has 0 aromatic heterocycles. The SMILES string of the molecule is COc1cc(-c2ccc(N=Nc3cc(S(=O)(=O)[O-])c4ccccc4c3N)c(OC)c2)ccc1N=Nc1cc(S(=O)(=O)[O-])c2ccccc2c1N. The Morgan fingerprint density at radius 3 is 1.18 bits per heavy atom. The molecule has 0 aliphatic carbocycles. The molecule has 6 rings (SSSR count). The summed E-state index contributed by atoms with van der Waals surface area (Å²) in [5, 5.41) is 17.8. The van der Waals surface area contributed by atoms with Crippen molar-refractivity contribution in [1.82, 2.24) is 0 Å². The highest BCUT2D eigenvalue weighted by Gasteiger charge is 2.16. The van der Waals surface area contributed by atoms with E-state index >= 15 is 0 Å². The van der Waals surface area contributed by atoms with Crippen LogP contribution in [0.5, 0.6) is 11.5 Å². The van der Waals surface area contributed by atoms with Crippen molar-refractivity contribution >= 4 is 75.9 Å². The molecule has 0 radical (unpaired) electrons. The third kappa shape index (κ3) is 6.55. The number of rotatable bonds is 9. The van der Waals surface area contributed by atoms with Crippen LogP contribution >= 0.6 is 0 Å².